The number of Topliss-reactive ketones (excluding diaryl/α,β-unsaturated/α-hetero) is 1. The maximum Gasteiger partial charge on any atom is 0.419 e. The molecule has 2 aromatic carbocycles. The van der Waals surface area contributed by atoms with E-state index >= 15 is 4.39 Å². The van der Waals surface area contributed by atoms with Gasteiger partial charge in [-0.1, -0.05) is 6.07 Å². The molecular weight excluding hydrogens is 622 g/mol. The van der Waals surface area contributed by atoms with Crippen molar-refractivity contribution in [2.75, 3.05) is 17.8 Å². The van der Waals surface area contributed by atoms with E-state index < -0.39 is 116 Å². The molecule has 0 bridgehead atoms. The van der Waals surface area contributed by atoms with Crippen LogP contribution in [0.5, 0.6) is 5.75 Å². The molecule has 240 valence electrons. The molecule has 1 fully saturated rings. The molecule has 16 heteroatoms. The van der Waals surface area contributed by atoms with Gasteiger partial charge in [-0.15, -0.1) is 0 Å². The third-order valence-electron chi connectivity index (χ3n) is 6.91. The fourth-order valence-electron chi connectivity index (χ4n) is 4.70. The number of nitrogens with zero attached hydrogens (tertiary/aromatic N) is 1. The summed E-state index contributed by atoms with van der Waals surface area (Å²) in [4.78, 5) is 39.0. The van der Waals surface area contributed by atoms with Crippen LogP contribution in [0.4, 0.5) is 36.8 Å². The molecule has 2 aliphatic rings. The van der Waals surface area contributed by atoms with Gasteiger partial charge in [-0.05, 0) is 50.6 Å². The Morgan fingerprint density at radius 3 is 2.30 bits per heavy atom. The van der Waals surface area contributed by atoms with Gasteiger partial charge in [0.15, 0.2) is 15.6 Å². The highest BCUT2D eigenvalue weighted by Crippen LogP contribution is 2.51. The van der Waals surface area contributed by atoms with Gasteiger partial charge in [0.2, 0.25) is 0 Å². The Hall–Kier alpha value is -3.82. The van der Waals surface area contributed by atoms with Gasteiger partial charge in [-0.3, -0.25) is 9.59 Å². The van der Waals surface area contributed by atoms with Crippen molar-refractivity contribution >= 4 is 33.3 Å². The minimum Gasteiger partial charge on any atom is -0.496 e. The standard InChI is InChI=1S/C28H28F6N2O7S/c1-26(2,3)43-25(39)35-19-13-44(40,41)23-10-18(29)16(21(37)8-15-11-27(15,30)31)9-20(23)36(24(19)38)12-14-5-6-22(42-4)17(7-14)28(32,33)34/h5-7,9-10,15,19H,8,11-13H2,1-4H3,(H,35,39)/t15?,19-/m0/s1. The van der Waals surface area contributed by atoms with Crippen molar-refractivity contribution < 1.29 is 58.6 Å². The number of methoxy groups -OCH3 is 1. The molecular formula is C28H28F6N2O7S. The van der Waals surface area contributed by atoms with Crippen LogP contribution in [0.2, 0.25) is 0 Å². The second-order valence-electron chi connectivity index (χ2n) is 11.5. The van der Waals surface area contributed by atoms with Gasteiger partial charge >= 0.3 is 12.3 Å². The minimum atomic E-state index is -4.89. The molecule has 44 heavy (non-hydrogen) atoms. The number of sulfone groups is 1. The van der Waals surface area contributed by atoms with Gasteiger partial charge < -0.3 is 19.7 Å². The van der Waals surface area contributed by atoms with E-state index in [4.69, 9.17) is 9.47 Å². The number of alkyl halides is 5. The van der Waals surface area contributed by atoms with E-state index in [-0.39, 0.29) is 5.56 Å². The van der Waals surface area contributed by atoms with Crippen LogP contribution in [0.3, 0.4) is 0 Å². The van der Waals surface area contributed by atoms with E-state index in [0.717, 1.165) is 13.2 Å². The molecule has 9 nitrogen and oxygen atoms in total. The Morgan fingerprint density at radius 2 is 1.75 bits per heavy atom. The molecule has 0 radical (unpaired) electrons. The highest BCUT2D eigenvalue weighted by atomic mass is 32.2. The van der Waals surface area contributed by atoms with Gasteiger partial charge in [0.25, 0.3) is 11.8 Å². The predicted molar refractivity (Wildman–Crippen MR) is 143 cm³/mol. The lowest BCUT2D eigenvalue weighted by molar-refractivity contribution is -0.138. The van der Waals surface area contributed by atoms with Crippen LogP contribution in [0.25, 0.3) is 0 Å². The number of carbonyl (C=O) groups excluding carboxylic acids is 3. The van der Waals surface area contributed by atoms with Gasteiger partial charge in [-0.25, -0.2) is 26.4 Å². The van der Waals surface area contributed by atoms with Crippen LogP contribution < -0.4 is 15.0 Å². The number of nitrogens with one attached hydrogen (secondary N) is 1. The molecule has 1 N–H and O–H groups in total. The SMILES string of the molecule is COc1ccc(CN2C(=O)[C@@H](NC(=O)OC(C)(C)C)CS(=O)(=O)c3cc(F)c(C(=O)CC4CC4(F)F)cc32)cc1C(F)(F)F. The number of hydrogen-bond donors (Lipinski definition) is 1. The van der Waals surface area contributed by atoms with Crippen molar-refractivity contribution in [1.82, 2.24) is 5.32 Å². The van der Waals surface area contributed by atoms with Gasteiger partial charge in [0.05, 0.1) is 41.1 Å². The first-order valence-electron chi connectivity index (χ1n) is 13.2. The molecule has 1 aliphatic carbocycles. The average molecular weight is 651 g/mol. The maximum absolute atomic E-state index is 15.2. The summed E-state index contributed by atoms with van der Waals surface area (Å²) < 4.78 is 120. The Labute approximate surface area is 248 Å². The fraction of sp³-hybridized carbons (Fsp3) is 0.464. The number of benzene rings is 2. The number of carbonyl (C=O) groups is 3. The van der Waals surface area contributed by atoms with Crippen molar-refractivity contribution in [3.8, 4) is 5.75 Å². The van der Waals surface area contributed by atoms with Crippen molar-refractivity contribution in [3.05, 3.63) is 52.8 Å². The predicted octanol–water partition coefficient (Wildman–Crippen LogP) is 5.29. The summed E-state index contributed by atoms with van der Waals surface area (Å²) in [7, 11) is -3.60. The highest BCUT2D eigenvalue weighted by Gasteiger charge is 2.57. The average Bonchev–Trinajstić information content (AvgIpc) is 3.50. The molecule has 2 aromatic rings. The lowest BCUT2D eigenvalue weighted by atomic mass is 10.0. The highest BCUT2D eigenvalue weighted by molar-refractivity contribution is 7.91. The van der Waals surface area contributed by atoms with Crippen molar-refractivity contribution in [2.45, 2.75) is 68.8 Å². The maximum atomic E-state index is 15.2. The van der Waals surface area contributed by atoms with E-state index in [1.54, 1.807) is 0 Å². The summed E-state index contributed by atoms with van der Waals surface area (Å²) in [6, 6.07) is 2.11. The molecule has 1 heterocycles. The fourth-order valence-corrected chi connectivity index (χ4v) is 6.32. The van der Waals surface area contributed by atoms with E-state index in [2.05, 4.69) is 5.32 Å². The second-order valence-corrected chi connectivity index (χ2v) is 13.5. The van der Waals surface area contributed by atoms with Gasteiger partial charge in [-0.2, -0.15) is 13.2 Å². The zero-order valence-electron chi connectivity index (χ0n) is 23.9. The summed E-state index contributed by atoms with van der Waals surface area (Å²) in [6.07, 6.45) is -7.44. The van der Waals surface area contributed by atoms with Crippen LogP contribution in [0.15, 0.2) is 35.2 Å². The van der Waals surface area contributed by atoms with Crippen LogP contribution >= 0.6 is 0 Å². The first-order valence-corrected chi connectivity index (χ1v) is 14.8. The van der Waals surface area contributed by atoms with Crippen LogP contribution in [-0.4, -0.2) is 56.6 Å². The molecule has 2 amide bonds. The molecule has 0 saturated heterocycles. The summed E-state index contributed by atoms with van der Waals surface area (Å²) in [6.45, 7) is 3.77. The summed E-state index contributed by atoms with van der Waals surface area (Å²) >= 11 is 0. The zero-order chi connectivity index (χ0) is 33.0. The zero-order valence-corrected chi connectivity index (χ0v) is 24.7. The monoisotopic (exact) mass is 650 g/mol. The Bertz CT molecular complexity index is 1620. The third-order valence-corrected chi connectivity index (χ3v) is 8.68. The molecule has 0 aromatic heterocycles. The minimum absolute atomic E-state index is 0.178. The van der Waals surface area contributed by atoms with Gasteiger partial charge in [0, 0.05) is 18.8 Å². The van der Waals surface area contributed by atoms with E-state index in [1.807, 2.05) is 0 Å². The number of halogens is 6. The smallest absolute Gasteiger partial charge is 0.419 e. The summed E-state index contributed by atoms with van der Waals surface area (Å²) in [5.41, 5.74) is -3.82. The van der Waals surface area contributed by atoms with Crippen LogP contribution in [0, 0.1) is 11.7 Å². The Morgan fingerprint density at radius 1 is 1.11 bits per heavy atom. The largest absolute Gasteiger partial charge is 0.496 e. The number of fused-ring (bicyclic) bond motifs is 1. The second kappa shape index (κ2) is 11.3. The number of ketones is 1. The van der Waals surface area contributed by atoms with E-state index in [9.17, 15) is 44.8 Å². The number of alkyl carbamates (subject to hydrolysis) is 1. The normalized spacial score (nSPS) is 20.8. The molecule has 1 saturated carbocycles. The molecule has 0 spiro atoms. The molecule has 4 rings (SSSR count). The van der Waals surface area contributed by atoms with E-state index in [1.165, 1.54) is 26.8 Å². The first-order chi connectivity index (χ1) is 20.1. The molecule has 1 aliphatic heterocycles. The number of rotatable bonds is 7. The topological polar surface area (TPSA) is 119 Å². The Balaban J connectivity index is 1.84. The molecule has 1 unspecified atom stereocenters. The van der Waals surface area contributed by atoms with Crippen molar-refractivity contribution in [1.29, 1.82) is 0 Å². The van der Waals surface area contributed by atoms with Crippen LogP contribution in [0.1, 0.15) is 55.1 Å². The number of hydrogen-bond acceptors (Lipinski definition) is 7. The first kappa shape index (κ1) is 33.1. The van der Waals surface area contributed by atoms with Crippen molar-refractivity contribution in [3.63, 3.8) is 0 Å². The summed E-state index contributed by atoms with van der Waals surface area (Å²) in [5.74, 6) is -9.69. The number of ether oxygens (including phenoxy) is 2. The van der Waals surface area contributed by atoms with Crippen LogP contribution in [-0.2, 0) is 32.1 Å². The lowest BCUT2D eigenvalue weighted by Crippen LogP contribution is -2.51. The summed E-state index contributed by atoms with van der Waals surface area (Å²) in [5, 5.41) is 2.15. The third kappa shape index (κ3) is 7.11. The number of anilines is 1. The quantitative estimate of drug-likeness (QED) is 0.319. The Kier molecular flexibility index (Phi) is 8.48. The van der Waals surface area contributed by atoms with Crippen molar-refractivity contribution in [2.24, 2.45) is 5.92 Å². The molecule has 2 atom stereocenters. The van der Waals surface area contributed by atoms with Gasteiger partial charge in [0.1, 0.15) is 23.2 Å². The lowest BCUT2D eigenvalue weighted by Gasteiger charge is -2.27. The van der Waals surface area contributed by atoms with E-state index in [0.29, 0.717) is 23.1 Å². The number of amides is 2.